The van der Waals surface area contributed by atoms with E-state index in [1.165, 1.54) is 5.56 Å². The maximum absolute atomic E-state index is 5.19. The highest BCUT2D eigenvalue weighted by molar-refractivity contribution is 5.19. The molecule has 0 amide bonds. The number of nitrogens with two attached hydrogens (primary N) is 1. The van der Waals surface area contributed by atoms with Gasteiger partial charge in [-0.25, -0.2) is 0 Å². The van der Waals surface area contributed by atoms with Crippen molar-refractivity contribution in [1.82, 2.24) is 10.4 Å². The van der Waals surface area contributed by atoms with Crippen molar-refractivity contribution < 1.29 is 0 Å². The summed E-state index contributed by atoms with van der Waals surface area (Å²) in [6.07, 6.45) is 2.79. The Kier molecular flexibility index (Phi) is 3.01. The lowest BCUT2D eigenvalue weighted by Crippen LogP contribution is -2.22. The first-order valence-electron chi connectivity index (χ1n) is 3.74. The molecule has 1 aromatic rings. The summed E-state index contributed by atoms with van der Waals surface area (Å²) < 4.78 is 0. The zero-order valence-corrected chi connectivity index (χ0v) is 6.67. The molecule has 0 atom stereocenters. The molecule has 0 aliphatic carbocycles. The SMILES string of the molecule is CCc1cccnc1CNN. The molecule has 0 aliphatic rings. The van der Waals surface area contributed by atoms with Gasteiger partial charge in [0.1, 0.15) is 0 Å². The first-order valence-corrected chi connectivity index (χ1v) is 3.74. The number of pyridine rings is 1. The fraction of sp³-hybridized carbons (Fsp3) is 0.375. The highest BCUT2D eigenvalue weighted by atomic mass is 15.2. The summed E-state index contributed by atoms with van der Waals surface area (Å²) >= 11 is 0. The van der Waals surface area contributed by atoms with E-state index in [-0.39, 0.29) is 0 Å². The van der Waals surface area contributed by atoms with E-state index in [1.807, 2.05) is 6.07 Å². The van der Waals surface area contributed by atoms with Crippen molar-refractivity contribution in [3.8, 4) is 0 Å². The van der Waals surface area contributed by atoms with Crippen LogP contribution in [0.4, 0.5) is 0 Å². The number of hydrazine groups is 1. The largest absolute Gasteiger partial charge is 0.271 e. The van der Waals surface area contributed by atoms with Crippen molar-refractivity contribution in [2.45, 2.75) is 19.9 Å². The van der Waals surface area contributed by atoms with E-state index in [0.29, 0.717) is 6.54 Å². The van der Waals surface area contributed by atoms with Gasteiger partial charge in [0, 0.05) is 6.20 Å². The Balaban J connectivity index is 2.83. The molecule has 0 bridgehead atoms. The lowest BCUT2D eigenvalue weighted by Gasteiger charge is -2.03. The molecule has 60 valence electrons. The fourth-order valence-corrected chi connectivity index (χ4v) is 1.05. The van der Waals surface area contributed by atoms with E-state index < -0.39 is 0 Å². The first-order chi connectivity index (χ1) is 5.38. The Morgan fingerprint density at radius 3 is 3.09 bits per heavy atom. The molecule has 3 heteroatoms. The van der Waals surface area contributed by atoms with Crippen molar-refractivity contribution in [2.24, 2.45) is 5.84 Å². The van der Waals surface area contributed by atoms with Crippen molar-refractivity contribution in [3.63, 3.8) is 0 Å². The van der Waals surface area contributed by atoms with Gasteiger partial charge in [0.25, 0.3) is 0 Å². The van der Waals surface area contributed by atoms with Gasteiger partial charge in [-0.2, -0.15) is 0 Å². The zero-order chi connectivity index (χ0) is 8.10. The van der Waals surface area contributed by atoms with Crippen LogP contribution in [0.25, 0.3) is 0 Å². The van der Waals surface area contributed by atoms with Gasteiger partial charge in [-0.15, -0.1) is 0 Å². The van der Waals surface area contributed by atoms with Crippen LogP contribution in [0, 0.1) is 0 Å². The predicted octanol–water partition coefficient (Wildman–Crippen LogP) is 0.607. The Morgan fingerprint density at radius 1 is 1.64 bits per heavy atom. The molecule has 0 fully saturated rings. The Hall–Kier alpha value is -0.930. The summed E-state index contributed by atoms with van der Waals surface area (Å²) in [5, 5.41) is 0. The van der Waals surface area contributed by atoms with Crippen molar-refractivity contribution in [2.75, 3.05) is 0 Å². The molecule has 0 spiro atoms. The summed E-state index contributed by atoms with van der Waals surface area (Å²) in [5.74, 6) is 5.19. The molecule has 0 saturated heterocycles. The number of hydrogen-bond acceptors (Lipinski definition) is 3. The number of aromatic nitrogens is 1. The summed E-state index contributed by atoms with van der Waals surface area (Å²) in [6, 6.07) is 4.01. The molecule has 1 aromatic heterocycles. The summed E-state index contributed by atoms with van der Waals surface area (Å²) in [6.45, 7) is 2.75. The van der Waals surface area contributed by atoms with E-state index in [1.54, 1.807) is 6.20 Å². The van der Waals surface area contributed by atoms with Crippen LogP contribution in [0.15, 0.2) is 18.3 Å². The smallest absolute Gasteiger partial charge is 0.0587 e. The van der Waals surface area contributed by atoms with Crippen LogP contribution in [-0.2, 0) is 13.0 Å². The standard InChI is InChI=1S/C8H13N3/c1-2-7-4-3-5-10-8(7)6-11-9/h3-5,11H,2,6,9H2,1H3. The number of hydrogen-bond donors (Lipinski definition) is 2. The zero-order valence-electron chi connectivity index (χ0n) is 6.67. The van der Waals surface area contributed by atoms with Crippen LogP contribution in [0.3, 0.4) is 0 Å². The molecular formula is C8H13N3. The minimum Gasteiger partial charge on any atom is -0.271 e. The van der Waals surface area contributed by atoms with E-state index in [4.69, 9.17) is 5.84 Å². The van der Waals surface area contributed by atoms with Crippen LogP contribution in [0.2, 0.25) is 0 Å². The summed E-state index contributed by atoms with van der Waals surface area (Å²) in [7, 11) is 0. The molecule has 11 heavy (non-hydrogen) atoms. The molecule has 0 aliphatic heterocycles. The second-order valence-electron chi connectivity index (χ2n) is 2.34. The van der Waals surface area contributed by atoms with Gasteiger partial charge >= 0.3 is 0 Å². The third-order valence-electron chi connectivity index (χ3n) is 1.63. The Bertz CT molecular complexity index is 222. The van der Waals surface area contributed by atoms with Crippen LogP contribution in [0.1, 0.15) is 18.2 Å². The Labute approximate surface area is 66.6 Å². The van der Waals surface area contributed by atoms with Crippen molar-refractivity contribution in [3.05, 3.63) is 29.6 Å². The lowest BCUT2D eigenvalue weighted by molar-refractivity contribution is 0.714. The molecule has 0 unspecified atom stereocenters. The van der Waals surface area contributed by atoms with E-state index in [9.17, 15) is 0 Å². The lowest BCUT2D eigenvalue weighted by atomic mass is 10.1. The van der Waals surface area contributed by atoms with Crippen LogP contribution in [0.5, 0.6) is 0 Å². The van der Waals surface area contributed by atoms with Gasteiger partial charge in [-0.3, -0.25) is 16.3 Å². The van der Waals surface area contributed by atoms with Crippen molar-refractivity contribution >= 4 is 0 Å². The maximum atomic E-state index is 5.19. The maximum Gasteiger partial charge on any atom is 0.0587 e. The number of rotatable bonds is 3. The third kappa shape index (κ3) is 2.00. The topological polar surface area (TPSA) is 50.9 Å². The van der Waals surface area contributed by atoms with E-state index >= 15 is 0 Å². The van der Waals surface area contributed by atoms with Gasteiger partial charge in [-0.05, 0) is 18.1 Å². The Morgan fingerprint density at radius 2 is 2.45 bits per heavy atom. The highest BCUT2D eigenvalue weighted by Crippen LogP contribution is 2.04. The quantitative estimate of drug-likeness (QED) is 0.491. The average Bonchev–Trinajstić information content (AvgIpc) is 2.06. The summed E-state index contributed by atoms with van der Waals surface area (Å²) in [4.78, 5) is 4.20. The predicted molar refractivity (Wildman–Crippen MR) is 44.6 cm³/mol. The van der Waals surface area contributed by atoms with Gasteiger partial charge in [0.05, 0.1) is 12.2 Å². The number of aryl methyl sites for hydroxylation is 1. The van der Waals surface area contributed by atoms with Gasteiger partial charge in [0.15, 0.2) is 0 Å². The van der Waals surface area contributed by atoms with Crippen LogP contribution < -0.4 is 11.3 Å². The molecule has 1 rings (SSSR count). The average molecular weight is 151 g/mol. The van der Waals surface area contributed by atoms with Crippen LogP contribution >= 0.6 is 0 Å². The number of nitrogens with zero attached hydrogens (tertiary/aromatic N) is 1. The second-order valence-corrected chi connectivity index (χ2v) is 2.34. The highest BCUT2D eigenvalue weighted by Gasteiger charge is 1.97. The minimum atomic E-state index is 0.643. The third-order valence-corrected chi connectivity index (χ3v) is 1.63. The molecular weight excluding hydrogens is 138 g/mol. The minimum absolute atomic E-state index is 0.643. The second kappa shape index (κ2) is 4.05. The monoisotopic (exact) mass is 151 g/mol. The molecule has 0 saturated carbocycles. The van der Waals surface area contributed by atoms with E-state index in [0.717, 1.165) is 12.1 Å². The first kappa shape index (κ1) is 8.17. The molecule has 3 nitrogen and oxygen atoms in total. The van der Waals surface area contributed by atoms with Gasteiger partial charge < -0.3 is 0 Å². The molecule has 3 N–H and O–H groups in total. The normalized spacial score (nSPS) is 10.0. The molecule has 0 radical (unpaired) electrons. The van der Waals surface area contributed by atoms with Gasteiger partial charge in [0.2, 0.25) is 0 Å². The van der Waals surface area contributed by atoms with Crippen LogP contribution in [-0.4, -0.2) is 4.98 Å². The van der Waals surface area contributed by atoms with Gasteiger partial charge in [-0.1, -0.05) is 13.0 Å². The molecule has 1 heterocycles. The molecule has 0 aromatic carbocycles. The van der Waals surface area contributed by atoms with Crippen molar-refractivity contribution in [1.29, 1.82) is 0 Å². The number of nitrogens with one attached hydrogen (secondary N) is 1. The fourth-order valence-electron chi connectivity index (χ4n) is 1.05. The summed E-state index contributed by atoms with van der Waals surface area (Å²) in [5.41, 5.74) is 4.89. The van der Waals surface area contributed by atoms with E-state index in [2.05, 4.69) is 23.4 Å².